The number of anilines is 1. The van der Waals surface area contributed by atoms with Gasteiger partial charge in [-0.05, 0) is 50.0 Å². The van der Waals surface area contributed by atoms with Gasteiger partial charge in [0.2, 0.25) is 0 Å². The van der Waals surface area contributed by atoms with Gasteiger partial charge in [-0.25, -0.2) is 8.42 Å². The molecule has 0 aromatic heterocycles. The minimum atomic E-state index is -3.60. The second-order valence-corrected chi connectivity index (χ2v) is 8.81. The molecule has 0 saturated carbocycles. The van der Waals surface area contributed by atoms with E-state index in [-0.39, 0.29) is 9.72 Å². The fraction of sp³-hybridized carbons (Fsp3) is 0.263. The van der Waals surface area contributed by atoms with Gasteiger partial charge in [0.15, 0.2) is 0 Å². The molecule has 1 aliphatic carbocycles. The molecule has 0 heterocycles. The quantitative estimate of drug-likeness (QED) is 0.716. The molecule has 1 unspecified atom stereocenters. The SMILES string of the molecule is Cc1ccc(S(=O)(=O)Nc2ccccc2C2=CCCCC2Br)cc1. The van der Waals surface area contributed by atoms with Crippen molar-refractivity contribution < 1.29 is 8.42 Å². The molecule has 1 atom stereocenters. The van der Waals surface area contributed by atoms with Gasteiger partial charge >= 0.3 is 0 Å². The summed E-state index contributed by atoms with van der Waals surface area (Å²) < 4.78 is 28.1. The molecular formula is C19H20BrNO2S. The van der Waals surface area contributed by atoms with Gasteiger partial charge in [0.25, 0.3) is 10.0 Å². The van der Waals surface area contributed by atoms with Crippen LogP contribution in [0.3, 0.4) is 0 Å². The number of aryl methyl sites for hydroxylation is 1. The molecule has 24 heavy (non-hydrogen) atoms. The molecule has 0 aliphatic heterocycles. The summed E-state index contributed by atoms with van der Waals surface area (Å²) >= 11 is 3.71. The zero-order valence-electron chi connectivity index (χ0n) is 13.5. The van der Waals surface area contributed by atoms with Crippen molar-refractivity contribution in [2.24, 2.45) is 0 Å². The van der Waals surface area contributed by atoms with Crippen molar-refractivity contribution in [3.05, 3.63) is 65.7 Å². The average molecular weight is 406 g/mol. The Bertz CT molecular complexity index is 857. The predicted octanol–water partition coefficient (Wildman–Crippen LogP) is 5.13. The Morgan fingerprint density at radius 1 is 1.08 bits per heavy atom. The van der Waals surface area contributed by atoms with E-state index >= 15 is 0 Å². The lowest BCUT2D eigenvalue weighted by atomic mass is 9.93. The summed E-state index contributed by atoms with van der Waals surface area (Å²) in [6.07, 6.45) is 5.43. The van der Waals surface area contributed by atoms with Gasteiger partial charge in [-0.2, -0.15) is 0 Å². The van der Waals surface area contributed by atoms with Gasteiger partial charge in [0.05, 0.1) is 10.6 Å². The summed E-state index contributed by atoms with van der Waals surface area (Å²) in [5.74, 6) is 0. The van der Waals surface area contributed by atoms with Crippen LogP contribution in [-0.4, -0.2) is 13.2 Å². The zero-order chi connectivity index (χ0) is 17.2. The van der Waals surface area contributed by atoms with E-state index in [1.54, 1.807) is 24.3 Å². The fourth-order valence-corrected chi connectivity index (χ4v) is 4.70. The highest BCUT2D eigenvalue weighted by atomic mass is 79.9. The van der Waals surface area contributed by atoms with Crippen LogP contribution in [0.5, 0.6) is 0 Å². The van der Waals surface area contributed by atoms with Gasteiger partial charge in [-0.1, -0.05) is 57.9 Å². The van der Waals surface area contributed by atoms with Gasteiger partial charge in [-0.3, -0.25) is 4.72 Å². The zero-order valence-corrected chi connectivity index (χ0v) is 15.9. The van der Waals surface area contributed by atoms with Gasteiger partial charge in [0.1, 0.15) is 0 Å². The third kappa shape index (κ3) is 3.73. The van der Waals surface area contributed by atoms with E-state index in [1.165, 1.54) is 0 Å². The van der Waals surface area contributed by atoms with E-state index in [0.29, 0.717) is 5.69 Å². The smallest absolute Gasteiger partial charge is 0.261 e. The van der Waals surface area contributed by atoms with E-state index in [1.807, 2.05) is 31.2 Å². The number of allylic oxidation sites excluding steroid dienone is 2. The van der Waals surface area contributed by atoms with Crippen LogP contribution in [-0.2, 0) is 10.0 Å². The first-order chi connectivity index (χ1) is 11.5. The lowest BCUT2D eigenvalue weighted by Crippen LogP contribution is -2.15. The summed E-state index contributed by atoms with van der Waals surface area (Å²) in [5, 5.41) is 0. The van der Waals surface area contributed by atoms with Crippen molar-refractivity contribution in [2.45, 2.75) is 35.9 Å². The van der Waals surface area contributed by atoms with Crippen LogP contribution in [0, 0.1) is 6.92 Å². The second kappa shape index (κ2) is 7.11. The highest BCUT2D eigenvalue weighted by Gasteiger charge is 2.21. The molecule has 2 aromatic rings. The minimum Gasteiger partial charge on any atom is -0.279 e. The van der Waals surface area contributed by atoms with Crippen molar-refractivity contribution in [3.63, 3.8) is 0 Å². The van der Waals surface area contributed by atoms with E-state index in [2.05, 4.69) is 26.7 Å². The van der Waals surface area contributed by atoms with Crippen LogP contribution in [0.25, 0.3) is 5.57 Å². The molecule has 0 radical (unpaired) electrons. The Balaban J connectivity index is 1.96. The monoisotopic (exact) mass is 405 g/mol. The van der Waals surface area contributed by atoms with E-state index in [0.717, 1.165) is 36.0 Å². The van der Waals surface area contributed by atoms with E-state index in [4.69, 9.17) is 0 Å². The van der Waals surface area contributed by atoms with E-state index in [9.17, 15) is 8.42 Å². The van der Waals surface area contributed by atoms with Crippen LogP contribution in [0.2, 0.25) is 0 Å². The fourth-order valence-electron chi connectivity index (χ4n) is 2.86. The first-order valence-corrected chi connectivity index (χ1v) is 10.4. The number of nitrogens with one attached hydrogen (secondary N) is 1. The Kier molecular flexibility index (Phi) is 5.11. The van der Waals surface area contributed by atoms with Gasteiger partial charge in [0, 0.05) is 10.4 Å². The topological polar surface area (TPSA) is 46.2 Å². The summed E-state index contributed by atoms with van der Waals surface area (Å²) in [6, 6.07) is 14.4. The van der Waals surface area contributed by atoms with Gasteiger partial charge < -0.3 is 0 Å². The van der Waals surface area contributed by atoms with Crippen LogP contribution in [0.1, 0.15) is 30.4 Å². The van der Waals surface area contributed by atoms with Crippen LogP contribution in [0.4, 0.5) is 5.69 Å². The number of hydrogen-bond donors (Lipinski definition) is 1. The Hall–Kier alpha value is -1.59. The van der Waals surface area contributed by atoms with E-state index < -0.39 is 10.0 Å². The Morgan fingerprint density at radius 2 is 1.79 bits per heavy atom. The molecule has 1 aliphatic rings. The summed E-state index contributed by atoms with van der Waals surface area (Å²) in [4.78, 5) is 0.534. The van der Waals surface area contributed by atoms with Crippen LogP contribution in [0.15, 0.2) is 59.5 Å². The molecule has 0 fully saturated rings. The minimum absolute atomic E-state index is 0.260. The molecule has 126 valence electrons. The molecule has 0 amide bonds. The number of alkyl halides is 1. The summed E-state index contributed by atoms with van der Waals surface area (Å²) in [6.45, 7) is 1.94. The molecule has 0 saturated heterocycles. The molecule has 2 aromatic carbocycles. The molecular weight excluding hydrogens is 386 g/mol. The van der Waals surface area contributed by atoms with Crippen molar-refractivity contribution in [1.82, 2.24) is 0 Å². The maximum atomic E-state index is 12.7. The highest BCUT2D eigenvalue weighted by molar-refractivity contribution is 9.09. The maximum Gasteiger partial charge on any atom is 0.261 e. The first-order valence-electron chi connectivity index (χ1n) is 8.00. The Morgan fingerprint density at radius 3 is 2.50 bits per heavy atom. The lowest BCUT2D eigenvalue weighted by Gasteiger charge is -2.22. The number of rotatable bonds is 4. The number of para-hydroxylation sites is 1. The summed E-state index contributed by atoms with van der Waals surface area (Å²) in [7, 11) is -3.60. The van der Waals surface area contributed by atoms with Crippen LogP contribution >= 0.6 is 15.9 Å². The normalized spacial score (nSPS) is 18.1. The lowest BCUT2D eigenvalue weighted by molar-refractivity contribution is 0.601. The largest absolute Gasteiger partial charge is 0.279 e. The number of benzene rings is 2. The molecule has 3 nitrogen and oxygen atoms in total. The molecule has 1 N–H and O–H groups in total. The average Bonchev–Trinajstić information content (AvgIpc) is 2.56. The number of hydrogen-bond acceptors (Lipinski definition) is 2. The third-order valence-electron chi connectivity index (χ3n) is 4.18. The molecule has 0 spiro atoms. The maximum absolute atomic E-state index is 12.7. The number of sulfonamides is 1. The Labute approximate surface area is 152 Å². The third-order valence-corrected chi connectivity index (χ3v) is 6.51. The predicted molar refractivity (Wildman–Crippen MR) is 103 cm³/mol. The standard InChI is InChI=1S/C19H20BrNO2S/c1-14-10-12-15(13-11-14)24(22,23)21-19-9-5-3-7-17(19)16-6-2-4-8-18(16)20/h3,5-7,9-13,18,21H,2,4,8H2,1H3. The van der Waals surface area contributed by atoms with Crippen molar-refractivity contribution in [1.29, 1.82) is 0 Å². The highest BCUT2D eigenvalue weighted by Crippen LogP contribution is 2.36. The summed E-state index contributed by atoms with van der Waals surface area (Å²) in [5.41, 5.74) is 3.75. The first kappa shape index (κ1) is 17.2. The van der Waals surface area contributed by atoms with Crippen molar-refractivity contribution in [2.75, 3.05) is 4.72 Å². The molecule has 3 rings (SSSR count). The molecule has 5 heteroatoms. The van der Waals surface area contributed by atoms with Crippen LogP contribution < -0.4 is 4.72 Å². The van der Waals surface area contributed by atoms with Gasteiger partial charge in [-0.15, -0.1) is 0 Å². The van der Waals surface area contributed by atoms with Crippen molar-refractivity contribution >= 4 is 37.2 Å². The second-order valence-electron chi connectivity index (χ2n) is 6.02. The van der Waals surface area contributed by atoms with Crippen molar-refractivity contribution in [3.8, 4) is 0 Å². The number of halogens is 1. The molecule has 0 bridgehead atoms.